The second kappa shape index (κ2) is 9.45. The van der Waals surface area contributed by atoms with Gasteiger partial charge in [0.2, 0.25) is 0 Å². The molecule has 1 N–H and O–H groups in total. The molecular weight excluding hydrogens is 376 g/mol. The van der Waals surface area contributed by atoms with Crippen molar-refractivity contribution >= 4 is 23.6 Å². The molecule has 0 atom stereocenters. The number of carbonyl (C=O) groups excluding carboxylic acids is 1. The Bertz CT molecular complexity index is 986. The fourth-order valence-corrected chi connectivity index (χ4v) is 2.52. The fraction of sp³-hybridized carbons (Fsp3) is 0.0909. The van der Waals surface area contributed by atoms with Crippen molar-refractivity contribution in [2.75, 3.05) is 0 Å². The smallest absolute Gasteiger partial charge is 0.262 e. The van der Waals surface area contributed by atoms with Crippen molar-refractivity contribution in [3.8, 4) is 11.8 Å². The summed E-state index contributed by atoms with van der Waals surface area (Å²) in [4.78, 5) is 12.1. The number of benzene rings is 2. The zero-order chi connectivity index (χ0) is 19.8. The summed E-state index contributed by atoms with van der Waals surface area (Å²) in [5.74, 6) is 0.850. The summed E-state index contributed by atoms with van der Waals surface area (Å²) in [6.07, 6.45) is 3.06. The molecule has 140 valence electrons. The number of hydrogen-bond donors (Lipinski definition) is 1. The molecule has 3 rings (SSSR count). The van der Waals surface area contributed by atoms with E-state index in [4.69, 9.17) is 20.8 Å². The van der Waals surface area contributed by atoms with Gasteiger partial charge >= 0.3 is 0 Å². The van der Waals surface area contributed by atoms with Gasteiger partial charge in [0.1, 0.15) is 29.8 Å². The molecule has 28 heavy (non-hydrogen) atoms. The Morgan fingerprint density at radius 2 is 1.89 bits per heavy atom. The van der Waals surface area contributed by atoms with Crippen LogP contribution in [0.1, 0.15) is 16.9 Å². The first kappa shape index (κ1) is 19.3. The van der Waals surface area contributed by atoms with E-state index < -0.39 is 5.91 Å². The van der Waals surface area contributed by atoms with Gasteiger partial charge in [-0.25, -0.2) is 0 Å². The molecule has 5 nitrogen and oxygen atoms in total. The summed E-state index contributed by atoms with van der Waals surface area (Å²) in [5.41, 5.74) is 1.75. The maximum atomic E-state index is 12.1. The van der Waals surface area contributed by atoms with Gasteiger partial charge in [-0.2, -0.15) is 5.26 Å². The quantitative estimate of drug-likeness (QED) is 0.465. The molecule has 0 saturated heterocycles. The van der Waals surface area contributed by atoms with Crippen LogP contribution in [-0.2, 0) is 17.9 Å². The van der Waals surface area contributed by atoms with Gasteiger partial charge in [-0.1, -0.05) is 35.9 Å². The van der Waals surface area contributed by atoms with Crippen LogP contribution in [0.15, 0.2) is 76.9 Å². The largest absolute Gasteiger partial charge is 0.489 e. The zero-order valence-electron chi connectivity index (χ0n) is 14.9. The first-order chi connectivity index (χ1) is 13.6. The van der Waals surface area contributed by atoms with E-state index >= 15 is 0 Å². The number of nitrogens with zero attached hydrogens (tertiary/aromatic N) is 1. The minimum absolute atomic E-state index is 0.0152. The molecule has 0 bridgehead atoms. The van der Waals surface area contributed by atoms with Crippen LogP contribution in [0.5, 0.6) is 5.75 Å². The molecular formula is C22H17ClN2O3. The van der Waals surface area contributed by atoms with Gasteiger partial charge in [-0.15, -0.1) is 0 Å². The first-order valence-electron chi connectivity index (χ1n) is 8.54. The van der Waals surface area contributed by atoms with E-state index in [2.05, 4.69) is 5.32 Å². The van der Waals surface area contributed by atoms with Crippen molar-refractivity contribution in [1.29, 1.82) is 5.26 Å². The van der Waals surface area contributed by atoms with E-state index in [-0.39, 0.29) is 12.1 Å². The number of furan rings is 1. The van der Waals surface area contributed by atoms with Crippen LogP contribution >= 0.6 is 11.6 Å². The van der Waals surface area contributed by atoms with Crippen molar-refractivity contribution in [3.63, 3.8) is 0 Å². The highest BCUT2D eigenvalue weighted by Crippen LogP contribution is 2.17. The highest BCUT2D eigenvalue weighted by molar-refractivity contribution is 6.30. The van der Waals surface area contributed by atoms with Crippen LogP contribution in [0.2, 0.25) is 5.02 Å². The summed E-state index contributed by atoms with van der Waals surface area (Å²) < 4.78 is 10.9. The van der Waals surface area contributed by atoms with Crippen molar-refractivity contribution in [3.05, 3.63) is 94.4 Å². The van der Waals surface area contributed by atoms with E-state index in [1.54, 1.807) is 36.4 Å². The van der Waals surface area contributed by atoms with Gasteiger partial charge in [0.15, 0.2) is 0 Å². The number of amides is 1. The average molecular weight is 393 g/mol. The van der Waals surface area contributed by atoms with Gasteiger partial charge in [0.25, 0.3) is 5.91 Å². The van der Waals surface area contributed by atoms with Crippen molar-refractivity contribution in [1.82, 2.24) is 5.32 Å². The number of halogens is 1. The Labute approximate surface area is 167 Å². The Hall–Kier alpha value is -3.49. The van der Waals surface area contributed by atoms with Gasteiger partial charge in [0, 0.05) is 5.02 Å². The molecule has 6 heteroatoms. The molecule has 0 aliphatic rings. The SMILES string of the molecule is N#C/C(=C\c1ccc(OCc2ccc(Cl)cc2)cc1)C(=O)NCc1ccco1. The lowest BCUT2D eigenvalue weighted by Gasteiger charge is -2.07. The molecule has 0 aliphatic heterocycles. The molecule has 0 radical (unpaired) electrons. The highest BCUT2D eigenvalue weighted by Gasteiger charge is 2.09. The van der Waals surface area contributed by atoms with E-state index in [9.17, 15) is 10.1 Å². The third kappa shape index (κ3) is 5.50. The van der Waals surface area contributed by atoms with E-state index in [1.807, 2.05) is 30.3 Å². The maximum Gasteiger partial charge on any atom is 0.262 e. The predicted molar refractivity (Wildman–Crippen MR) is 106 cm³/mol. The molecule has 0 aliphatic carbocycles. The fourth-order valence-electron chi connectivity index (χ4n) is 2.40. The van der Waals surface area contributed by atoms with Crippen molar-refractivity contribution in [2.45, 2.75) is 13.2 Å². The Balaban J connectivity index is 1.58. The standard InChI is InChI=1S/C22H17ClN2O3/c23-19-7-3-17(4-8-19)15-28-20-9-5-16(6-10-20)12-18(13-24)22(26)25-14-21-2-1-11-27-21/h1-12H,14-15H2,(H,25,26)/b18-12+. The summed E-state index contributed by atoms with van der Waals surface area (Å²) >= 11 is 5.87. The number of hydrogen-bond acceptors (Lipinski definition) is 4. The van der Waals surface area contributed by atoms with E-state index in [0.717, 1.165) is 11.1 Å². The molecule has 0 fully saturated rings. The van der Waals surface area contributed by atoms with Gasteiger partial charge in [-0.05, 0) is 53.6 Å². The summed E-state index contributed by atoms with van der Waals surface area (Å²) in [6.45, 7) is 0.646. The summed E-state index contributed by atoms with van der Waals surface area (Å²) in [7, 11) is 0. The molecule has 2 aromatic carbocycles. The van der Waals surface area contributed by atoms with E-state index in [1.165, 1.54) is 12.3 Å². The lowest BCUT2D eigenvalue weighted by Crippen LogP contribution is -2.23. The van der Waals surface area contributed by atoms with Crippen LogP contribution in [0.25, 0.3) is 6.08 Å². The summed E-state index contributed by atoms with van der Waals surface area (Å²) in [5, 5.41) is 12.6. The molecule has 1 aromatic heterocycles. The lowest BCUT2D eigenvalue weighted by atomic mass is 10.1. The van der Waals surface area contributed by atoms with Crippen LogP contribution in [-0.4, -0.2) is 5.91 Å². The minimum Gasteiger partial charge on any atom is -0.489 e. The van der Waals surface area contributed by atoms with Crippen LogP contribution in [0, 0.1) is 11.3 Å². The van der Waals surface area contributed by atoms with Crippen molar-refractivity contribution < 1.29 is 13.9 Å². The highest BCUT2D eigenvalue weighted by atomic mass is 35.5. The van der Waals surface area contributed by atoms with Crippen LogP contribution < -0.4 is 10.1 Å². The average Bonchev–Trinajstić information content (AvgIpc) is 3.24. The normalized spacial score (nSPS) is 10.9. The van der Waals surface area contributed by atoms with Gasteiger partial charge in [-0.3, -0.25) is 4.79 Å². The second-order valence-corrected chi connectivity index (χ2v) is 6.35. The number of nitrogens with one attached hydrogen (secondary N) is 1. The van der Waals surface area contributed by atoms with Gasteiger partial charge < -0.3 is 14.5 Å². The second-order valence-electron chi connectivity index (χ2n) is 5.92. The maximum absolute atomic E-state index is 12.1. The number of ether oxygens (including phenoxy) is 1. The van der Waals surface area contributed by atoms with Crippen LogP contribution in [0.3, 0.4) is 0 Å². The molecule has 1 heterocycles. The third-order valence-corrected chi connectivity index (χ3v) is 4.13. The molecule has 0 spiro atoms. The van der Waals surface area contributed by atoms with Gasteiger partial charge in [0.05, 0.1) is 12.8 Å². The first-order valence-corrected chi connectivity index (χ1v) is 8.91. The molecule has 0 unspecified atom stereocenters. The molecule has 0 saturated carbocycles. The summed E-state index contributed by atoms with van der Waals surface area (Å²) in [6, 6.07) is 20.0. The van der Waals surface area contributed by atoms with E-state index in [0.29, 0.717) is 23.1 Å². The molecule has 1 amide bonds. The number of rotatable bonds is 7. The topological polar surface area (TPSA) is 75.3 Å². The zero-order valence-corrected chi connectivity index (χ0v) is 15.6. The van der Waals surface area contributed by atoms with Crippen molar-refractivity contribution in [2.24, 2.45) is 0 Å². The molecule has 3 aromatic rings. The van der Waals surface area contributed by atoms with Crippen LogP contribution in [0.4, 0.5) is 0 Å². The monoisotopic (exact) mass is 392 g/mol. The minimum atomic E-state index is -0.457. The Morgan fingerprint density at radius 3 is 2.54 bits per heavy atom. The number of nitriles is 1. The Kier molecular flexibility index (Phi) is 6.50. The Morgan fingerprint density at radius 1 is 1.14 bits per heavy atom. The number of carbonyl (C=O) groups is 1. The lowest BCUT2D eigenvalue weighted by molar-refractivity contribution is -0.117. The predicted octanol–water partition coefficient (Wildman–Crippen LogP) is 4.74. The third-order valence-electron chi connectivity index (χ3n) is 3.88.